The summed E-state index contributed by atoms with van der Waals surface area (Å²) in [6, 6.07) is 13.6. The number of hydrogen-bond acceptors (Lipinski definition) is 9. The molecular weight excluding hydrogens is 486 g/mol. The highest BCUT2D eigenvalue weighted by atomic mass is 16.5. The molecule has 0 bridgehead atoms. The van der Waals surface area contributed by atoms with Crippen LogP contribution in [0.4, 0.5) is 5.69 Å². The molecule has 202 valence electrons. The third-order valence-electron chi connectivity index (χ3n) is 7.34. The van der Waals surface area contributed by atoms with Crippen LogP contribution in [0.1, 0.15) is 18.7 Å². The molecule has 1 unspecified atom stereocenters. The maximum absolute atomic E-state index is 13.4. The molecule has 0 aliphatic carbocycles. The molecule has 2 aromatic carbocycles. The number of carbonyl (C=O) groups excluding carboxylic acids is 1. The van der Waals surface area contributed by atoms with Crippen molar-refractivity contribution < 1.29 is 23.5 Å². The number of benzene rings is 2. The summed E-state index contributed by atoms with van der Waals surface area (Å²) in [5.74, 6) is 3.38. The molecule has 2 aliphatic rings. The molecule has 0 radical (unpaired) electrons. The van der Waals surface area contributed by atoms with Gasteiger partial charge < -0.3 is 28.5 Å². The molecule has 1 atom stereocenters. The number of rotatable bonds is 8. The van der Waals surface area contributed by atoms with E-state index in [9.17, 15) is 4.79 Å². The fraction of sp³-hybridized carbons (Fsp3) is 0.464. The molecule has 10 heteroatoms. The van der Waals surface area contributed by atoms with Crippen LogP contribution in [0.25, 0.3) is 11.4 Å². The van der Waals surface area contributed by atoms with E-state index < -0.39 is 0 Å². The maximum atomic E-state index is 13.4. The Kier molecular flexibility index (Phi) is 7.97. The number of ether oxygens (including phenoxy) is 3. The highest BCUT2D eigenvalue weighted by Crippen LogP contribution is 2.32. The molecule has 2 fully saturated rings. The second-order valence-electron chi connectivity index (χ2n) is 9.64. The fourth-order valence-electron chi connectivity index (χ4n) is 5.32. The van der Waals surface area contributed by atoms with Crippen LogP contribution in [0.3, 0.4) is 0 Å². The third-order valence-corrected chi connectivity index (χ3v) is 7.34. The Morgan fingerprint density at radius 1 is 0.947 bits per heavy atom. The number of piperidine rings is 1. The van der Waals surface area contributed by atoms with E-state index in [-0.39, 0.29) is 11.8 Å². The first kappa shape index (κ1) is 25.8. The molecular formula is C28H35N5O5. The molecule has 0 spiro atoms. The topological polar surface area (TPSA) is 93.4 Å². The number of methoxy groups -OCH3 is 3. The molecule has 38 heavy (non-hydrogen) atoms. The average molecular weight is 522 g/mol. The Morgan fingerprint density at radius 3 is 2.47 bits per heavy atom. The van der Waals surface area contributed by atoms with Crippen molar-refractivity contribution in [2.45, 2.75) is 19.4 Å². The summed E-state index contributed by atoms with van der Waals surface area (Å²) in [4.78, 5) is 24.5. The van der Waals surface area contributed by atoms with Crippen molar-refractivity contribution in [3.05, 3.63) is 48.4 Å². The molecule has 5 rings (SSSR count). The molecule has 3 aromatic rings. The Morgan fingerprint density at radius 2 is 1.71 bits per heavy atom. The Balaban J connectivity index is 1.16. The molecule has 1 amide bonds. The zero-order valence-corrected chi connectivity index (χ0v) is 22.3. The van der Waals surface area contributed by atoms with Gasteiger partial charge in [-0.3, -0.25) is 9.69 Å². The van der Waals surface area contributed by atoms with Gasteiger partial charge >= 0.3 is 0 Å². The number of anilines is 1. The fourth-order valence-corrected chi connectivity index (χ4v) is 5.32. The minimum atomic E-state index is -0.0187. The van der Waals surface area contributed by atoms with Crippen LogP contribution in [-0.4, -0.2) is 86.4 Å². The van der Waals surface area contributed by atoms with Crippen LogP contribution in [0, 0.1) is 5.92 Å². The van der Waals surface area contributed by atoms with Gasteiger partial charge in [-0.05, 0) is 49.7 Å². The van der Waals surface area contributed by atoms with Crippen LogP contribution in [0.15, 0.2) is 47.0 Å². The molecule has 10 nitrogen and oxygen atoms in total. The zero-order chi connectivity index (χ0) is 26.5. The van der Waals surface area contributed by atoms with Gasteiger partial charge in [-0.15, -0.1) is 0 Å². The summed E-state index contributed by atoms with van der Waals surface area (Å²) in [6.07, 6.45) is 1.87. The van der Waals surface area contributed by atoms with Gasteiger partial charge in [0.2, 0.25) is 17.6 Å². The first-order valence-electron chi connectivity index (χ1n) is 13.0. The predicted molar refractivity (Wildman–Crippen MR) is 143 cm³/mol. The monoisotopic (exact) mass is 521 g/mol. The van der Waals surface area contributed by atoms with E-state index in [2.05, 4.69) is 26.0 Å². The lowest BCUT2D eigenvalue weighted by atomic mass is 9.96. The molecule has 3 heterocycles. The minimum absolute atomic E-state index is 0.0187. The Bertz CT molecular complexity index is 1240. The summed E-state index contributed by atoms with van der Waals surface area (Å²) in [7, 11) is 4.89. The predicted octanol–water partition coefficient (Wildman–Crippen LogP) is 3.32. The Labute approximate surface area is 223 Å². The molecule has 0 saturated carbocycles. The summed E-state index contributed by atoms with van der Waals surface area (Å²) in [5.41, 5.74) is 1.87. The first-order chi connectivity index (χ1) is 18.6. The van der Waals surface area contributed by atoms with Crippen molar-refractivity contribution in [3.63, 3.8) is 0 Å². The van der Waals surface area contributed by atoms with E-state index in [1.54, 1.807) is 21.3 Å². The van der Waals surface area contributed by atoms with Crippen LogP contribution in [0.5, 0.6) is 17.2 Å². The van der Waals surface area contributed by atoms with Gasteiger partial charge in [0.15, 0.2) is 11.5 Å². The first-order valence-corrected chi connectivity index (χ1v) is 13.0. The highest BCUT2D eigenvalue weighted by Gasteiger charge is 2.32. The molecule has 2 aliphatic heterocycles. The van der Waals surface area contributed by atoms with E-state index in [0.717, 1.165) is 49.5 Å². The van der Waals surface area contributed by atoms with Crippen molar-refractivity contribution in [2.24, 2.45) is 5.92 Å². The average Bonchev–Trinajstić information content (AvgIpc) is 3.45. The van der Waals surface area contributed by atoms with Crippen LogP contribution < -0.4 is 19.1 Å². The largest absolute Gasteiger partial charge is 0.495 e. The van der Waals surface area contributed by atoms with Crippen molar-refractivity contribution in [2.75, 3.05) is 65.5 Å². The molecule has 2 saturated heterocycles. The summed E-state index contributed by atoms with van der Waals surface area (Å²) in [5, 5.41) is 4.16. The molecule has 1 aromatic heterocycles. The van der Waals surface area contributed by atoms with Crippen molar-refractivity contribution in [3.8, 4) is 28.6 Å². The van der Waals surface area contributed by atoms with E-state index >= 15 is 0 Å². The van der Waals surface area contributed by atoms with Gasteiger partial charge in [-0.2, -0.15) is 4.98 Å². The van der Waals surface area contributed by atoms with E-state index in [4.69, 9.17) is 18.7 Å². The van der Waals surface area contributed by atoms with Crippen LogP contribution in [0.2, 0.25) is 0 Å². The van der Waals surface area contributed by atoms with Gasteiger partial charge in [0.1, 0.15) is 5.75 Å². The maximum Gasteiger partial charge on any atom is 0.241 e. The van der Waals surface area contributed by atoms with Gasteiger partial charge in [0.05, 0.1) is 39.5 Å². The smallest absolute Gasteiger partial charge is 0.241 e. The lowest BCUT2D eigenvalue weighted by Gasteiger charge is -2.39. The standard InChI is InChI=1S/C28H35N5O5/c1-35-23-9-5-4-8-22(23)32-13-15-33(16-14-32)28(34)21-7-6-12-31(18-21)19-26-29-27(30-38-26)20-10-11-24(36-2)25(17-20)37-3/h4-5,8-11,17,21H,6-7,12-16,18-19H2,1-3H3. The normalized spacial score (nSPS) is 18.3. The van der Waals surface area contributed by atoms with Gasteiger partial charge in [-0.25, -0.2) is 0 Å². The van der Waals surface area contributed by atoms with Crippen molar-refractivity contribution in [1.82, 2.24) is 19.9 Å². The Hall–Kier alpha value is -3.79. The van der Waals surface area contributed by atoms with Gasteiger partial charge in [0, 0.05) is 38.3 Å². The third kappa shape index (κ3) is 5.55. The molecule has 0 N–H and O–H groups in total. The highest BCUT2D eigenvalue weighted by molar-refractivity contribution is 5.79. The van der Waals surface area contributed by atoms with Crippen LogP contribution >= 0.6 is 0 Å². The second-order valence-corrected chi connectivity index (χ2v) is 9.64. The quantitative estimate of drug-likeness (QED) is 0.443. The summed E-state index contributed by atoms with van der Waals surface area (Å²) >= 11 is 0. The number of para-hydroxylation sites is 2. The number of amides is 1. The van der Waals surface area contributed by atoms with Crippen molar-refractivity contribution in [1.29, 1.82) is 0 Å². The number of aromatic nitrogens is 2. The number of piperazine rings is 1. The van der Waals surface area contributed by atoms with Crippen LogP contribution in [-0.2, 0) is 11.3 Å². The van der Waals surface area contributed by atoms with E-state index in [1.807, 2.05) is 41.3 Å². The number of carbonyl (C=O) groups is 1. The number of likely N-dealkylation sites (tertiary alicyclic amines) is 1. The van der Waals surface area contributed by atoms with E-state index in [0.29, 0.717) is 49.4 Å². The minimum Gasteiger partial charge on any atom is -0.495 e. The second kappa shape index (κ2) is 11.7. The van der Waals surface area contributed by atoms with Crippen molar-refractivity contribution >= 4 is 11.6 Å². The lowest BCUT2D eigenvalue weighted by Crippen LogP contribution is -2.52. The summed E-state index contributed by atoms with van der Waals surface area (Å²) < 4.78 is 21.8. The number of hydrogen-bond donors (Lipinski definition) is 0. The number of nitrogens with zero attached hydrogens (tertiary/aromatic N) is 5. The lowest BCUT2D eigenvalue weighted by molar-refractivity contribution is -0.137. The van der Waals surface area contributed by atoms with E-state index in [1.165, 1.54) is 0 Å². The van der Waals surface area contributed by atoms with Gasteiger partial charge in [0.25, 0.3) is 0 Å². The zero-order valence-electron chi connectivity index (χ0n) is 22.3. The van der Waals surface area contributed by atoms with Gasteiger partial charge in [-0.1, -0.05) is 17.3 Å². The SMILES string of the molecule is COc1ccc(-c2noc(CN3CCCC(C(=O)N4CCN(c5ccccc5OC)CC4)C3)n2)cc1OC. The summed E-state index contributed by atoms with van der Waals surface area (Å²) in [6.45, 7) is 5.13.